The second-order valence-corrected chi connectivity index (χ2v) is 11.1. The van der Waals surface area contributed by atoms with Crippen LogP contribution >= 0.6 is 18.9 Å². The Morgan fingerprint density at radius 1 is 0.697 bits per heavy atom. The molecule has 1 amide bonds. The quantitative estimate of drug-likeness (QED) is 0.413. The van der Waals surface area contributed by atoms with Gasteiger partial charge in [-0.2, -0.15) is 0 Å². The molecule has 0 saturated heterocycles. The summed E-state index contributed by atoms with van der Waals surface area (Å²) in [7, 11) is -2.45. The molecule has 0 saturated carbocycles. The molecule has 4 aromatic carbocycles. The van der Waals surface area contributed by atoms with Gasteiger partial charge in [-0.3, -0.25) is 10.1 Å². The van der Waals surface area contributed by atoms with Crippen molar-refractivity contribution in [3.8, 4) is 0 Å². The molecule has 4 rings (SSSR count). The molecule has 0 unspecified atom stereocenters. The third kappa shape index (κ3) is 5.04. The summed E-state index contributed by atoms with van der Waals surface area (Å²) in [5, 5.41) is 6.54. The monoisotopic (exact) mass is 491 g/mol. The van der Waals surface area contributed by atoms with E-state index in [4.69, 9.17) is 11.6 Å². The molecule has 0 aliphatic carbocycles. The van der Waals surface area contributed by atoms with E-state index in [1.807, 2.05) is 85.8 Å². The summed E-state index contributed by atoms with van der Waals surface area (Å²) in [5.74, 6) is -0.177. The first-order valence-electron chi connectivity index (χ1n) is 10.4. The summed E-state index contributed by atoms with van der Waals surface area (Å²) in [6.45, 7) is 2.00. The largest absolute Gasteiger partial charge is 1.00 e. The Labute approximate surface area is 207 Å². The van der Waals surface area contributed by atoms with Gasteiger partial charge >= 0.3 is 0 Å². The molecule has 0 bridgehead atoms. The Kier molecular flexibility index (Phi) is 8.47. The maximum absolute atomic E-state index is 13.3. The molecule has 1 N–H and O–H groups in total. The second-order valence-electron chi connectivity index (χ2n) is 7.49. The molecule has 0 aliphatic rings. The summed E-state index contributed by atoms with van der Waals surface area (Å²) in [5.41, 5.74) is 3.94. The van der Waals surface area contributed by atoms with E-state index in [0.717, 1.165) is 21.5 Å². The van der Waals surface area contributed by atoms with Gasteiger partial charge in [-0.05, 0) is 55.5 Å². The smallest absolute Gasteiger partial charge is 0.258 e. The summed E-state index contributed by atoms with van der Waals surface area (Å²) < 4.78 is 0. The average Bonchev–Trinajstić information content (AvgIpc) is 2.86. The number of halogens is 2. The molecule has 166 valence electrons. The first-order valence-corrected chi connectivity index (χ1v) is 12.6. The number of hydrogen-bond acceptors (Lipinski definition) is 1. The van der Waals surface area contributed by atoms with E-state index < -0.39 is 7.26 Å². The number of hydrogen-bond donors (Lipinski definition) is 1. The zero-order valence-corrected chi connectivity index (χ0v) is 20.6. The summed E-state index contributed by atoms with van der Waals surface area (Å²) >= 11 is 6.51. The van der Waals surface area contributed by atoms with Crippen LogP contribution in [-0.4, -0.2) is 5.91 Å². The molecule has 33 heavy (non-hydrogen) atoms. The lowest BCUT2D eigenvalue weighted by Gasteiger charge is -2.29. The minimum atomic E-state index is -2.45. The van der Waals surface area contributed by atoms with E-state index in [1.54, 1.807) is 0 Å². The van der Waals surface area contributed by atoms with Crippen molar-refractivity contribution in [1.29, 1.82) is 0 Å². The van der Waals surface area contributed by atoms with Gasteiger partial charge in [-0.15, -0.1) is 0 Å². The van der Waals surface area contributed by atoms with Crippen LogP contribution in [0.2, 0.25) is 0 Å². The van der Waals surface area contributed by atoms with E-state index in [0.29, 0.717) is 11.0 Å². The molecule has 0 spiro atoms. The van der Waals surface area contributed by atoms with E-state index in [1.165, 1.54) is 5.54 Å². The molecule has 0 fully saturated rings. The van der Waals surface area contributed by atoms with Crippen molar-refractivity contribution in [2.45, 2.75) is 6.92 Å². The average molecular weight is 492 g/mol. The number of carbonyl (C=O) groups excluding carboxylic acids is 1. The Hall–Kier alpha value is -2.90. The van der Waals surface area contributed by atoms with Crippen molar-refractivity contribution in [2.75, 3.05) is 0 Å². The molecule has 0 aromatic heterocycles. The van der Waals surface area contributed by atoms with E-state index >= 15 is 0 Å². The summed E-state index contributed by atoms with van der Waals surface area (Å²) in [6.07, 6.45) is 0. The Morgan fingerprint density at radius 3 is 1.45 bits per heavy atom. The highest BCUT2D eigenvalue weighted by molar-refractivity contribution is 7.99. The van der Waals surface area contributed by atoms with Crippen LogP contribution in [0.25, 0.3) is 0 Å². The van der Waals surface area contributed by atoms with Crippen LogP contribution in [0.1, 0.15) is 15.9 Å². The van der Waals surface area contributed by atoms with Crippen LogP contribution in [0.5, 0.6) is 0 Å². The molecule has 0 atom stereocenters. The number of benzene rings is 4. The van der Waals surface area contributed by atoms with E-state index in [9.17, 15) is 4.79 Å². The highest BCUT2D eigenvalue weighted by atomic mass is 35.5. The predicted molar refractivity (Wildman–Crippen MR) is 138 cm³/mol. The number of nitrogens with one attached hydrogen (secondary N) is 1. The third-order valence-electron chi connectivity index (χ3n) is 5.45. The van der Waals surface area contributed by atoms with Crippen LogP contribution in [0, 0.1) is 6.92 Å². The number of aryl methyl sites for hydroxylation is 1. The Balaban J connectivity index is 0.00000306. The van der Waals surface area contributed by atoms with Gasteiger partial charge in [-0.1, -0.05) is 83.9 Å². The van der Waals surface area contributed by atoms with Crippen molar-refractivity contribution >= 4 is 40.7 Å². The minimum absolute atomic E-state index is 0. The first-order chi connectivity index (χ1) is 15.7. The van der Waals surface area contributed by atoms with Gasteiger partial charge in [0.1, 0.15) is 15.9 Å². The molecule has 4 aromatic rings. The summed E-state index contributed by atoms with van der Waals surface area (Å²) in [6, 6.07) is 38.5. The standard InChI is InChI=1S/C28H23ClNOP.ClH/c1-22-17-19-23(20-18-22)28(31)30-27(21-29)32(24-11-5-2-6-12-24,25-13-7-3-8-14-25)26-15-9-4-10-16-26;/h2-21H,1H3;1H/b27-21+;. The number of carbonyl (C=O) groups is 1. The second kappa shape index (κ2) is 11.3. The fraction of sp³-hybridized carbons (Fsp3) is 0.0357. The molecule has 2 nitrogen and oxygen atoms in total. The van der Waals surface area contributed by atoms with Gasteiger partial charge in [-0.25, -0.2) is 0 Å². The topological polar surface area (TPSA) is 29.1 Å². The molecule has 0 radical (unpaired) electrons. The van der Waals surface area contributed by atoms with E-state index in [2.05, 4.69) is 41.7 Å². The lowest BCUT2D eigenvalue weighted by atomic mass is 10.1. The normalized spacial score (nSPS) is 11.4. The van der Waals surface area contributed by atoms with Crippen LogP contribution in [0.15, 0.2) is 126 Å². The van der Waals surface area contributed by atoms with Gasteiger partial charge in [0, 0.05) is 5.56 Å². The first kappa shape index (κ1) is 24.7. The highest BCUT2D eigenvalue weighted by Crippen LogP contribution is 2.61. The van der Waals surface area contributed by atoms with Crippen LogP contribution < -0.4 is 33.6 Å². The van der Waals surface area contributed by atoms with Crippen LogP contribution in [-0.2, 0) is 0 Å². The SMILES string of the molecule is Cc1ccc(C(=O)N/C(=C\Cl)[P+](c2ccccc2)(c2ccccc2)c2ccccc2)cc1.[Cl-]. The molecular formula is C28H24Cl2NOP. The summed E-state index contributed by atoms with van der Waals surface area (Å²) in [4.78, 5) is 13.3. The fourth-order valence-electron chi connectivity index (χ4n) is 3.90. The minimum Gasteiger partial charge on any atom is -1.00 e. The van der Waals surface area contributed by atoms with Crippen LogP contribution in [0.3, 0.4) is 0 Å². The van der Waals surface area contributed by atoms with Crippen molar-refractivity contribution < 1.29 is 17.2 Å². The van der Waals surface area contributed by atoms with Crippen molar-refractivity contribution in [1.82, 2.24) is 5.32 Å². The number of amides is 1. The molecule has 5 heteroatoms. The lowest BCUT2D eigenvalue weighted by molar-refractivity contribution is -0.0000145. The lowest BCUT2D eigenvalue weighted by Crippen LogP contribution is -3.00. The van der Waals surface area contributed by atoms with Gasteiger partial charge in [0.2, 0.25) is 0 Å². The third-order valence-corrected chi connectivity index (χ3v) is 10.0. The van der Waals surface area contributed by atoms with Gasteiger partial charge < -0.3 is 12.4 Å². The van der Waals surface area contributed by atoms with Crippen molar-refractivity contribution in [3.05, 3.63) is 137 Å². The Bertz CT molecular complexity index is 1110. The van der Waals surface area contributed by atoms with Gasteiger partial charge in [0.25, 0.3) is 5.91 Å². The molecule has 0 heterocycles. The fourth-order valence-corrected chi connectivity index (χ4v) is 8.39. The highest BCUT2D eigenvalue weighted by Gasteiger charge is 2.50. The maximum atomic E-state index is 13.3. The van der Waals surface area contributed by atoms with Gasteiger partial charge in [0.15, 0.2) is 12.7 Å². The Morgan fingerprint density at radius 2 is 1.09 bits per heavy atom. The molecule has 0 aliphatic heterocycles. The maximum Gasteiger partial charge on any atom is 0.258 e. The van der Waals surface area contributed by atoms with Crippen molar-refractivity contribution in [2.24, 2.45) is 0 Å². The number of rotatable bonds is 6. The van der Waals surface area contributed by atoms with Crippen LogP contribution in [0.4, 0.5) is 0 Å². The van der Waals surface area contributed by atoms with Crippen molar-refractivity contribution in [3.63, 3.8) is 0 Å². The van der Waals surface area contributed by atoms with E-state index in [-0.39, 0.29) is 18.3 Å². The predicted octanol–water partition coefficient (Wildman–Crippen LogP) is 2.76. The zero-order valence-electron chi connectivity index (χ0n) is 18.2. The molecular weight excluding hydrogens is 468 g/mol. The van der Waals surface area contributed by atoms with Gasteiger partial charge in [0.05, 0.1) is 5.54 Å². The zero-order chi connectivity index (χ0) is 22.4.